The van der Waals surface area contributed by atoms with E-state index in [1.807, 2.05) is 0 Å². The van der Waals surface area contributed by atoms with Gasteiger partial charge in [-0.1, -0.05) is 6.92 Å². The van der Waals surface area contributed by atoms with Gasteiger partial charge in [0.05, 0.1) is 0 Å². The van der Waals surface area contributed by atoms with Crippen molar-refractivity contribution < 1.29 is 0 Å². The van der Waals surface area contributed by atoms with E-state index in [1.165, 1.54) is 45.1 Å². The standard InChI is InChI=1S/C14H23N/c1-3-4-5-7-13-10-9-12(2)14-8-6-11-15(13)14/h1,12-14H,4-11H2,2H3/t12-,13+,14+/m1/s1. The largest absolute Gasteiger partial charge is 0.297 e. The Morgan fingerprint density at radius 2 is 2.20 bits per heavy atom. The fourth-order valence-corrected chi connectivity index (χ4v) is 3.44. The van der Waals surface area contributed by atoms with Gasteiger partial charge in [0.25, 0.3) is 0 Å². The minimum absolute atomic E-state index is 0.849. The lowest BCUT2D eigenvalue weighted by Crippen LogP contribution is -2.46. The highest BCUT2D eigenvalue weighted by molar-refractivity contribution is 4.93. The van der Waals surface area contributed by atoms with E-state index < -0.39 is 0 Å². The Morgan fingerprint density at radius 1 is 1.33 bits per heavy atom. The monoisotopic (exact) mass is 205 g/mol. The van der Waals surface area contributed by atoms with Crippen molar-refractivity contribution in [3.8, 4) is 12.3 Å². The number of terminal acetylenes is 1. The van der Waals surface area contributed by atoms with E-state index in [-0.39, 0.29) is 0 Å². The maximum absolute atomic E-state index is 5.31. The molecule has 0 spiro atoms. The topological polar surface area (TPSA) is 3.24 Å². The van der Waals surface area contributed by atoms with Gasteiger partial charge in [0.15, 0.2) is 0 Å². The van der Waals surface area contributed by atoms with Gasteiger partial charge in [-0.05, 0) is 51.0 Å². The van der Waals surface area contributed by atoms with Crippen LogP contribution in [0.25, 0.3) is 0 Å². The number of nitrogens with zero attached hydrogens (tertiary/aromatic N) is 1. The number of hydrogen-bond acceptors (Lipinski definition) is 1. The summed E-state index contributed by atoms with van der Waals surface area (Å²) in [6, 6.07) is 1.75. The van der Waals surface area contributed by atoms with Crippen molar-refractivity contribution in [2.75, 3.05) is 6.54 Å². The summed E-state index contributed by atoms with van der Waals surface area (Å²) >= 11 is 0. The summed E-state index contributed by atoms with van der Waals surface area (Å²) in [5.41, 5.74) is 0. The number of fused-ring (bicyclic) bond motifs is 1. The zero-order valence-electron chi connectivity index (χ0n) is 9.91. The lowest BCUT2D eigenvalue weighted by Gasteiger charge is -2.41. The second-order valence-electron chi connectivity index (χ2n) is 5.25. The van der Waals surface area contributed by atoms with Crippen molar-refractivity contribution in [2.24, 2.45) is 5.92 Å². The van der Waals surface area contributed by atoms with Crippen LogP contribution in [0.4, 0.5) is 0 Å². The molecule has 1 nitrogen and oxygen atoms in total. The molecule has 2 rings (SSSR count). The summed E-state index contributed by atoms with van der Waals surface area (Å²) in [5, 5.41) is 0. The summed E-state index contributed by atoms with van der Waals surface area (Å²) in [6.45, 7) is 3.77. The Hall–Kier alpha value is -0.480. The van der Waals surface area contributed by atoms with E-state index in [0.29, 0.717) is 0 Å². The first kappa shape index (κ1) is 11.0. The molecule has 1 heteroatoms. The fraction of sp³-hybridized carbons (Fsp3) is 0.857. The molecule has 0 saturated carbocycles. The summed E-state index contributed by atoms with van der Waals surface area (Å²) < 4.78 is 0. The van der Waals surface area contributed by atoms with Crippen molar-refractivity contribution >= 4 is 0 Å². The van der Waals surface area contributed by atoms with E-state index in [4.69, 9.17) is 6.42 Å². The van der Waals surface area contributed by atoms with Gasteiger partial charge in [0.1, 0.15) is 0 Å². The molecular formula is C14H23N. The third kappa shape index (κ3) is 2.37. The summed E-state index contributed by atoms with van der Waals surface area (Å²) in [7, 11) is 0. The van der Waals surface area contributed by atoms with Crippen LogP contribution in [0.15, 0.2) is 0 Å². The van der Waals surface area contributed by atoms with Gasteiger partial charge < -0.3 is 0 Å². The average molecular weight is 205 g/mol. The first-order chi connectivity index (χ1) is 7.33. The van der Waals surface area contributed by atoms with Gasteiger partial charge in [-0.15, -0.1) is 12.3 Å². The van der Waals surface area contributed by atoms with Gasteiger partial charge in [-0.3, -0.25) is 4.90 Å². The minimum atomic E-state index is 0.849. The van der Waals surface area contributed by atoms with Crippen LogP contribution in [-0.4, -0.2) is 23.5 Å². The molecule has 0 aromatic heterocycles. The zero-order valence-corrected chi connectivity index (χ0v) is 9.91. The van der Waals surface area contributed by atoms with E-state index in [1.54, 1.807) is 0 Å². The number of hydrogen-bond donors (Lipinski definition) is 0. The van der Waals surface area contributed by atoms with Crippen LogP contribution in [0.3, 0.4) is 0 Å². The minimum Gasteiger partial charge on any atom is -0.297 e. The highest BCUT2D eigenvalue weighted by Crippen LogP contribution is 2.36. The third-order valence-electron chi connectivity index (χ3n) is 4.28. The summed E-state index contributed by atoms with van der Waals surface area (Å²) in [6.07, 6.45) is 14.5. The molecule has 0 aromatic rings. The summed E-state index contributed by atoms with van der Waals surface area (Å²) in [4.78, 5) is 2.78. The van der Waals surface area contributed by atoms with Crippen LogP contribution in [0.5, 0.6) is 0 Å². The van der Waals surface area contributed by atoms with Crippen molar-refractivity contribution in [3.05, 3.63) is 0 Å². The second kappa shape index (κ2) is 5.03. The molecule has 0 radical (unpaired) electrons. The molecule has 2 fully saturated rings. The molecule has 84 valence electrons. The third-order valence-corrected chi connectivity index (χ3v) is 4.28. The van der Waals surface area contributed by atoms with Crippen molar-refractivity contribution in [1.82, 2.24) is 4.90 Å². The predicted molar refractivity (Wildman–Crippen MR) is 64.6 cm³/mol. The lowest BCUT2D eigenvalue weighted by atomic mass is 9.85. The maximum Gasteiger partial charge on any atom is 0.0124 e. The van der Waals surface area contributed by atoms with Crippen molar-refractivity contribution in [2.45, 2.75) is 64.0 Å². The van der Waals surface area contributed by atoms with Crippen LogP contribution in [0, 0.1) is 18.3 Å². The number of rotatable bonds is 3. The maximum atomic E-state index is 5.31. The Bertz CT molecular complexity index is 240. The lowest BCUT2D eigenvalue weighted by molar-refractivity contribution is 0.0757. The normalized spacial score (nSPS) is 36.1. The molecule has 3 atom stereocenters. The second-order valence-corrected chi connectivity index (χ2v) is 5.25. The first-order valence-electron chi connectivity index (χ1n) is 6.52. The van der Waals surface area contributed by atoms with Crippen LogP contribution < -0.4 is 0 Å². The average Bonchev–Trinajstić information content (AvgIpc) is 2.71. The van der Waals surface area contributed by atoms with Crippen LogP contribution >= 0.6 is 0 Å². The molecule has 0 unspecified atom stereocenters. The van der Waals surface area contributed by atoms with Crippen molar-refractivity contribution in [1.29, 1.82) is 0 Å². The molecule has 0 bridgehead atoms. The fourth-order valence-electron chi connectivity index (χ4n) is 3.44. The smallest absolute Gasteiger partial charge is 0.0124 e. The molecule has 0 aromatic carbocycles. The molecule has 2 saturated heterocycles. The summed E-state index contributed by atoms with van der Waals surface area (Å²) in [5.74, 6) is 3.68. The molecule has 0 N–H and O–H groups in total. The van der Waals surface area contributed by atoms with Gasteiger partial charge in [0.2, 0.25) is 0 Å². The van der Waals surface area contributed by atoms with Crippen LogP contribution in [0.2, 0.25) is 0 Å². The molecule has 2 heterocycles. The van der Waals surface area contributed by atoms with E-state index in [9.17, 15) is 0 Å². The number of unbranched alkanes of at least 4 members (excludes halogenated alkanes) is 1. The predicted octanol–water partition coefficient (Wildman–Crippen LogP) is 3.05. The molecular weight excluding hydrogens is 182 g/mol. The Labute approximate surface area is 94.2 Å². The molecule has 0 aliphatic carbocycles. The van der Waals surface area contributed by atoms with E-state index in [2.05, 4.69) is 17.7 Å². The molecule has 2 aliphatic heterocycles. The van der Waals surface area contributed by atoms with E-state index in [0.717, 1.165) is 24.4 Å². The van der Waals surface area contributed by atoms with Crippen LogP contribution in [-0.2, 0) is 0 Å². The Balaban J connectivity index is 1.87. The van der Waals surface area contributed by atoms with Gasteiger partial charge in [0, 0.05) is 18.5 Å². The van der Waals surface area contributed by atoms with Crippen LogP contribution in [0.1, 0.15) is 51.9 Å². The molecule has 2 aliphatic rings. The highest BCUT2D eigenvalue weighted by Gasteiger charge is 2.37. The highest BCUT2D eigenvalue weighted by atomic mass is 15.2. The molecule has 0 amide bonds. The first-order valence-corrected chi connectivity index (χ1v) is 6.52. The quantitative estimate of drug-likeness (QED) is 0.505. The van der Waals surface area contributed by atoms with Crippen molar-refractivity contribution in [3.63, 3.8) is 0 Å². The number of piperidine rings is 1. The molecule has 15 heavy (non-hydrogen) atoms. The Morgan fingerprint density at radius 3 is 3.00 bits per heavy atom. The zero-order chi connectivity index (χ0) is 10.7. The van der Waals surface area contributed by atoms with Gasteiger partial charge >= 0.3 is 0 Å². The van der Waals surface area contributed by atoms with Gasteiger partial charge in [-0.2, -0.15) is 0 Å². The SMILES string of the molecule is C#CCCC[C@H]1CC[C@@H](C)[C@@H]2CCCN12. The van der Waals surface area contributed by atoms with E-state index >= 15 is 0 Å². The Kier molecular flexibility index (Phi) is 3.70. The van der Waals surface area contributed by atoms with Gasteiger partial charge in [-0.25, -0.2) is 0 Å².